The van der Waals surface area contributed by atoms with Crippen molar-refractivity contribution >= 4 is 16.9 Å². The van der Waals surface area contributed by atoms with E-state index in [1.54, 1.807) is 0 Å². The molecule has 1 aromatic heterocycles. The number of aromatic amines is 1. The number of fused-ring (bicyclic) bond motifs is 1. The number of H-pyrrole nitrogens is 1. The van der Waals surface area contributed by atoms with Crippen molar-refractivity contribution in [1.82, 2.24) is 14.8 Å². The van der Waals surface area contributed by atoms with Gasteiger partial charge in [-0.05, 0) is 12.6 Å². The second-order valence-electron chi connectivity index (χ2n) is 5.50. The number of para-hydroxylation sites is 1. The molecule has 1 fully saturated rings. The number of piperazine rings is 1. The van der Waals surface area contributed by atoms with Crippen molar-refractivity contribution in [3.8, 4) is 0 Å². The zero-order valence-corrected chi connectivity index (χ0v) is 12.2. The lowest BCUT2D eigenvalue weighted by atomic mass is 10.0. The number of likely N-dealkylation sites (N-methyl/N-ethyl adjacent to an activating group) is 1. The van der Waals surface area contributed by atoms with Crippen LogP contribution in [0.4, 0.5) is 0 Å². The smallest absolute Gasteiger partial charge is 0.325 e. The summed E-state index contributed by atoms with van der Waals surface area (Å²) < 4.78 is 0. The van der Waals surface area contributed by atoms with Crippen molar-refractivity contribution in [1.29, 1.82) is 0 Å². The molecule has 1 saturated heterocycles. The average molecular weight is 287 g/mol. The molecular weight excluding hydrogens is 266 g/mol. The molecule has 1 unspecified atom stereocenters. The molecule has 2 heterocycles. The molecular formula is C16H21N3O2. The van der Waals surface area contributed by atoms with Gasteiger partial charge >= 0.3 is 5.97 Å². The Morgan fingerprint density at radius 3 is 2.67 bits per heavy atom. The summed E-state index contributed by atoms with van der Waals surface area (Å²) in [5.41, 5.74) is 1.86. The highest BCUT2D eigenvalue weighted by Gasteiger charge is 2.31. The van der Waals surface area contributed by atoms with Gasteiger partial charge in [-0.15, -0.1) is 0 Å². The van der Waals surface area contributed by atoms with Crippen LogP contribution in [0.5, 0.6) is 0 Å². The minimum atomic E-state index is -0.773. The third-order valence-corrected chi connectivity index (χ3v) is 4.37. The summed E-state index contributed by atoms with van der Waals surface area (Å²) in [5.74, 6) is -0.773. The maximum atomic E-state index is 11.8. The number of carbonyl (C=O) groups is 1. The summed E-state index contributed by atoms with van der Waals surface area (Å²) in [6.45, 7) is 6.63. The molecule has 2 N–H and O–H groups in total. The molecule has 5 heteroatoms. The first-order chi connectivity index (χ1) is 10.2. The Kier molecular flexibility index (Phi) is 3.94. The highest BCUT2D eigenvalue weighted by atomic mass is 16.4. The Morgan fingerprint density at radius 2 is 2.00 bits per heavy atom. The average Bonchev–Trinajstić information content (AvgIpc) is 2.92. The number of hydrogen-bond acceptors (Lipinski definition) is 3. The van der Waals surface area contributed by atoms with Crippen molar-refractivity contribution in [2.24, 2.45) is 0 Å². The fraction of sp³-hybridized carbons (Fsp3) is 0.438. The SMILES string of the molecule is CCN1CCN(C(C(=O)O)c2c[nH]c3ccccc23)CC1. The number of benzene rings is 1. The highest BCUT2D eigenvalue weighted by Crippen LogP contribution is 2.29. The number of carboxylic acid groups (broad SMARTS) is 1. The topological polar surface area (TPSA) is 59.6 Å². The maximum Gasteiger partial charge on any atom is 0.325 e. The number of carboxylic acids is 1. The predicted octanol–water partition coefficient (Wildman–Crippen LogP) is 1.93. The number of nitrogens with one attached hydrogen (secondary N) is 1. The van der Waals surface area contributed by atoms with Crippen LogP contribution in [0.25, 0.3) is 10.9 Å². The number of rotatable bonds is 4. The van der Waals surface area contributed by atoms with Gasteiger partial charge in [-0.3, -0.25) is 9.69 Å². The minimum Gasteiger partial charge on any atom is -0.480 e. The van der Waals surface area contributed by atoms with E-state index in [9.17, 15) is 9.90 Å². The molecule has 0 aliphatic carbocycles. The van der Waals surface area contributed by atoms with Gasteiger partial charge in [-0.1, -0.05) is 25.1 Å². The lowest BCUT2D eigenvalue weighted by Crippen LogP contribution is -2.49. The Hall–Kier alpha value is -1.85. The van der Waals surface area contributed by atoms with E-state index >= 15 is 0 Å². The second kappa shape index (κ2) is 5.87. The summed E-state index contributed by atoms with van der Waals surface area (Å²) in [4.78, 5) is 19.4. The molecule has 0 bridgehead atoms. The Balaban J connectivity index is 1.90. The fourth-order valence-electron chi connectivity index (χ4n) is 3.14. The van der Waals surface area contributed by atoms with Gasteiger partial charge in [0.2, 0.25) is 0 Å². The number of hydrogen-bond donors (Lipinski definition) is 2. The summed E-state index contributed by atoms with van der Waals surface area (Å²) >= 11 is 0. The first kappa shape index (κ1) is 14.1. The van der Waals surface area contributed by atoms with Gasteiger partial charge in [0.25, 0.3) is 0 Å². The van der Waals surface area contributed by atoms with E-state index in [0.717, 1.165) is 49.2 Å². The Labute approximate surface area is 124 Å². The van der Waals surface area contributed by atoms with Gasteiger partial charge in [-0.2, -0.15) is 0 Å². The van der Waals surface area contributed by atoms with Crippen LogP contribution in [0, 0.1) is 0 Å². The fourth-order valence-corrected chi connectivity index (χ4v) is 3.14. The first-order valence-corrected chi connectivity index (χ1v) is 7.46. The molecule has 0 spiro atoms. The molecule has 0 radical (unpaired) electrons. The highest BCUT2D eigenvalue weighted by molar-refractivity contribution is 5.89. The molecule has 0 saturated carbocycles. The second-order valence-corrected chi connectivity index (χ2v) is 5.50. The van der Waals surface area contributed by atoms with E-state index in [-0.39, 0.29) is 0 Å². The monoisotopic (exact) mass is 287 g/mol. The zero-order valence-electron chi connectivity index (χ0n) is 12.2. The molecule has 21 heavy (non-hydrogen) atoms. The van der Waals surface area contributed by atoms with E-state index < -0.39 is 12.0 Å². The lowest BCUT2D eigenvalue weighted by Gasteiger charge is -2.37. The van der Waals surface area contributed by atoms with Crippen LogP contribution >= 0.6 is 0 Å². The normalized spacial score (nSPS) is 18.9. The van der Waals surface area contributed by atoms with Gasteiger partial charge in [0.15, 0.2) is 0 Å². The molecule has 1 aliphatic heterocycles. The number of aromatic nitrogens is 1. The molecule has 1 aromatic carbocycles. The molecule has 5 nitrogen and oxygen atoms in total. The van der Waals surface area contributed by atoms with Gasteiger partial charge in [0.1, 0.15) is 6.04 Å². The van der Waals surface area contributed by atoms with E-state index in [0.29, 0.717) is 0 Å². The third kappa shape index (κ3) is 2.66. The minimum absolute atomic E-state index is 0.569. The predicted molar refractivity (Wildman–Crippen MR) is 82.4 cm³/mol. The largest absolute Gasteiger partial charge is 0.480 e. The van der Waals surface area contributed by atoms with Crippen molar-refractivity contribution in [2.45, 2.75) is 13.0 Å². The molecule has 1 atom stereocenters. The quantitative estimate of drug-likeness (QED) is 0.902. The lowest BCUT2D eigenvalue weighted by molar-refractivity contribution is -0.144. The molecule has 3 rings (SSSR count). The number of nitrogens with zero attached hydrogens (tertiary/aromatic N) is 2. The summed E-state index contributed by atoms with van der Waals surface area (Å²) in [6, 6.07) is 7.30. The molecule has 0 amide bonds. The van der Waals surface area contributed by atoms with Crippen molar-refractivity contribution < 1.29 is 9.90 Å². The molecule has 1 aliphatic rings. The van der Waals surface area contributed by atoms with Crippen LogP contribution in [-0.4, -0.2) is 58.6 Å². The maximum absolute atomic E-state index is 11.8. The van der Waals surface area contributed by atoms with Gasteiger partial charge in [0.05, 0.1) is 0 Å². The zero-order chi connectivity index (χ0) is 14.8. The van der Waals surface area contributed by atoms with Crippen LogP contribution in [0.15, 0.2) is 30.5 Å². The summed E-state index contributed by atoms with van der Waals surface area (Å²) in [7, 11) is 0. The van der Waals surface area contributed by atoms with Crippen molar-refractivity contribution in [2.75, 3.05) is 32.7 Å². The summed E-state index contributed by atoms with van der Waals surface area (Å²) in [5, 5.41) is 10.7. The van der Waals surface area contributed by atoms with E-state index in [1.807, 2.05) is 30.5 Å². The van der Waals surface area contributed by atoms with Gasteiger partial charge in [-0.25, -0.2) is 0 Å². The van der Waals surface area contributed by atoms with E-state index in [1.165, 1.54) is 0 Å². The molecule has 112 valence electrons. The van der Waals surface area contributed by atoms with Crippen LogP contribution < -0.4 is 0 Å². The Bertz CT molecular complexity index is 629. The van der Waals surface area contributed by atoms with Gasteiger partial charge in [0, 0.05) is 48.8 Å². The standard InChI is InChI=1S/C16H21N3O2/c1-2-18-7-9-19(10-8-18)15(16(20)21)13-11-17-14-6-4-3-5-12(13)14/h3-6,11,15,17H,2,7-10H2,1H3,(H,20,21). The Morgan fingerprint density at radius 1 is 1.29 bits per heavy atom. The van der Waals surface area contributed by atoms with Crippen molar-refractivity contribution in [3.63, 3.8) is 0 Å². The van der Waals surface area contributed by atoms with Crippen LogP contribution in [0.2, 0.25) is 0 Å². The van der Waals surface area contributed by atoms with E-state index in [2.05, 4.69) is 21.7 Å². The number of aliphatic carboxylic acids is 1. The van der Waals surface area contributed by atoms with Crippen LogP contribution in [0.1, 0.15) is 18.5 Å². The molecule has 2 aromatic rings. The summed E-state index contributed by atoms with van der Waals surface area (Å²) in [6.07, 6.45) is 1.84. The first-order valence-electron chi connectivity index (χ1n) is 7.46. The third-order valence-electron chi connectivity index (χ3n) is 4.37. The van der Waals surface area contributed by atoms with E-state index in [4.69, 9.17) is 0 Å². The van der Waals surface area contributed by atoms with Crippen LogP contribution in [-0.2, 0) is 4.79 Å². The van der Waals surface area contributed by atoms with Crippen LogP contribution in [0.3, 0.4) is 0 Å². The van der Waals surface area contributed by atoms with Crippen molar-refractivity contribution in [3.05, 3.63) is 36.0 Å². The van der Waals surface area contributed by atoms with Gasteiger partial charge < -0.3 is 15.0 Å².